The molecule has 2 aromatic carbocycles. The first-order chi connectivity index (χ1) is 13.7. The van der Waals surface area contributed by atoms with Crippen molar-refractivity contribution in [3.05, 3.63) is 58.7 Å². The summed E-state index contributed by atoms with van der Waals surface area (Å²) in [6, 6.07) is 12.0. The molecule has 0 bridgehead atoms. The van der Waals surface area contributed by atoms with E-state index in [-0.39, 0.29) is 11.6 Å². The van der Waals surface area contributed by atoms with Crippen molar-refractivity contribution in [1.82, 2.24) is 0 Å². The van der Waals surface area contributed by atoms with Gasteiger partial charge in [-0.2, -0.15) is 0 Å². The van der Waals surface area contributed by atoms with Crippen LogP contribution in [0.3, 0.4) is 0 Å². The maximum atomic E-state index is 13.4. The summed E-state index contributed by atoms with van der Waals surface area (Å²) in [7, 11) is 0. The second kappa shape index (κ2) is 7.08. The molecule has 0 aliphatic heterocycles. The zero-order chi connectivity index (χ0) is 19.1. The van der Waals surface area contributed by atoms with Crippen molar-refractivity contribution in [3.8, 4) is 0 Å². The Morgan fingerprint density at radius 1 is 0.607 bits per heavy atom. The van der Waals surface area contributed by atoms with Gasteiger partial charge in [0.1, 0.15) is 0 Å². The Bertz CT molecular complexity index is 860. The normalized spacial score (nSPS) is 19.6. The van der Waals surface area contributed by atoms with Crippen LogP contribution in [0.4, 0.5) is 11.4 Å². The number of anilines is 2. The van der Waals surface area contributed by atoms with E-state index >= 15 is 0 Å². The number of ketones is 2. The Labute approximate surface area is 165 Å². The second-order valence-corrected chi connectivity index (χ2v) is 8.37. The minimum absolute atomic E-state index is 0.0410. The number of fused-ring (bicyclic) bond motifs is 2. The molecule has 3 aliphatic carbocycles. The third-order valence-corrected chi connectivity index (χ3v) is 6.50. The van der Waals surface area contributed by atoms with Crippen LogP contribution in [0.25, 0.3) is 0 Å². The Morgan fingerprint density at radius 3 is 1.39 bits per heavy atom. The fourth-order valence-electron chi connectivity index (χ4n) is 5.06. The second-order valence-electron chi connectivity index (χ2n) is 8.37. The molecule has 0 saturated heterocycles. The predicted molar refractivity (Wildman–Crippen MR) is 112 cm³/mol. The molecular weight excluding hydrogens is 348 g/mol. The van der Waals surface area contributed by atoms with Crippen LogP contribution in [-0.2, 0) is 0 Å². The highest BCUT2D eigenvalue weighted by Crippen LogP contribution is 2.37. The van der Waals surface area contributed by atoms with Crippen LogP contribution in [0.1, 0.15) is 83.2 Å². The third-order valence-electron chi connectivity index (χ3n) is 6.50. The molecule has 2 N–H and O–H groups in total. The smallest absolute Gasteiger partial charge is 0.196 e. The number of carbonyl (C=O) groups is 2. The van der Waals surface area contributed by atoms with E-state index in [9.17, 15) is 9.59 Å². The summed E-state index contributed by atoms with van der Waals surface area (Å²) in [5, 5.41) is 7.07. The predicted octanol–water partition coefficient (Wildman–Crippen LogP) is 5.17. The average Bonchev–Trinajstić information content (AvgIpc) is 3.40. The molecule has 0 atom stereocenters. The summed E-state index contributed by atoms with van der Waals surface area (Å²) in [6.07, 6.45) is 9.37. The number of benzene rings is 2. The fraction of sp³-hybridized carbons (Fsp3) is 0.417. The van der Waals surface area contributed by atoms with E-state index in [1.54, 1.807) is 12.1 Å². The van der Waals surface area contributed by atoms with Crippen LogP contribution >= 0.6 is 0 Å². The van der Waals surface area contributed by atoms with E-state index in [0.717, 1.165) is 37.1 Å². The molecular formula is C24H26N2O2. The van der Waals surface area contributed by atoms with Gasteiger partial charge in [0.15, 0.2) is 11.6 Å². The molecule has 2 saturated carbocycles. The van der Waals surface area contributed by atoms with E-state index < -0.39 is 0 Å². The zero-order valence-corrected chi connectivity index (χ0v) is 16.1. The molecule has 3 aliphatic rings. The lowest BCUT2D eigenvalue weighted by Crippen LogP contribution is -2.26. The molecule has 2 fully saturated rings. The minimum Gasteiger partial charge on any atom is -0.382 e. The fourth-order valence-corrected chi connectivity index (χ4v) is 5.06. The van der Waals surface area contributed by atoms with Gasteiger partial charge in [-0.05, 0) is 37.8 Å². The number of hydrogen-bond acceptors (Lipinski definition) is 4. The standard InChI is InChI=1S/C24H26N2O2/c27-23-18-12-6-14-20(26-16-9-3-4-10-16)22(18)24(28)17-11-5-13-19(21(17)23)25-15-7-1-2-8-15/h5-6,11-16,25-26H,1-4,7-10H2. The molecule has 0 aromatic heterocycles. The SMILES string of the molecule is O=C1c2cccc(NC3CCCC3)c2C(=O)c2cccc(NC3CCCC3)c21. The number of rotatable bonds is 4. The van der Waals surface area contributed by atoms with Crippen molar-refractivity contribution in [2.75, 3.05) is 10.6 Å². The van der Waals surface area contributed by atoms with Gasteiger partial charge in [-0.15, -0.1) is 0 Å². The molecule has 2 aromatic rings. The van der Waals surface area contributed by atoms with Crippen molar-refractivity contribution in [3.63, 3.8) is 0 Å². The van der Waals surface area contributed by atoms with E-state index in [0.29, 0.717) is 34.3 Å². The molecule has 0 amide bonds. The van der Waals surface area contributed by atoms with Gasteiger partial charge in [-0.3, -0.25) is 9.59 Å². The average molecular weight is 374 g/mol. The number of carbonyl (C=O) groups excluding carboxylic acids is 2. The number of nitrogens with one attached hydrogen (secondary N) is 2. The Morgan fingerprint density at radius 2 is 1.00 bits per heavy atom. The highest BCUT2D eigenvalue weighted by Gasteiger charge is 2.34. The molecule has 0 heterocycles. The first kappa shape index (κ1) is 17.5. The maximum Gasteiger partial charge on any atom is 0.196 e. The van der Waals surface area contributed by atoms with E-state index in [1.165, 1.54) is 25.7 Å². The lowest BCUT2D eigenvalue weighted by atomic mass is 9.82. The van der Waals surface area contributed by atoms with Crippen LogP contribution in [-0.4, -0.2) is 23.7 Å². The summed E-state index contributed by atoms with van der Waals surface area (Å²) in [6.45, 7) is 0. The van der Waals surface area contributed by atoms with E-state index in [1.807, 2.05) is 24.3 Å². The van der Waals surface area contributed by atoms with Crippen LogP contribution in [0.15, 0.2) is 36.4 Å². The summed E-state index contributed by atoms with van der Waals surface area (Å²) in [5.41, 5.74) is 3.77. The van der Waals surface area contributed by atoms with Gasteiger partial charge in [0, 0.05) is 34.6 Å². The monoisotopic (exact) mass is 374 g/mol. The lowest BCUT2D eigenvalue weighted by molar-refractivity contribution is 0.0980. The van der Waals surface area contributed by atoms with E-state index in [2.05, 4.69) is 10.6 Å². The van der Waals surface area contributed by atoms with Gasteiger partial charge in [0.05, 0.1) is 11.1 Å². The highest BCUT2D eigenvalue weighted by molar-refractivity contribution is 6.31. The van der Waals surface area contributed by atoms with Crippen LogP contribution < -0.4 is 10.6 Å². The van der Waals surface area contributed by atoms with Crippen LogP contribution in [0.5, 0.6) is 0 Å². The van der Waals surface area contributed by atoms with Gasteiger partial charge in [-0.25, -0.2) is 0 Å². The van der Waals surface area contributed by atoms with Crippen molar-refractivity contribution in [2.45, 2.75) is 63.5 Å². The molecule has 0 spiro atoms. The van der Waals surface area contributed by atoms with Gasteiger partial charge in [-0.1, -0.05) is 49.9 Å². The highest BCUT2D eigenvalue weighted by atomic mass is 16.1. The molecule has 144 valence electrons. The van der Waals surface area contributed by atoms with Crippen molar-refractivity contribution in [1.29, 1.82) is 0 Å². The first-order valence-electron chi connectivity index (χ1n) is 10.6. The summed E-state index contributed by atoms with van der Waals surface area (Å²) in [5.74, 6) is -0.0819. The van der Waals surface area contributed by atoms with E-state index in [4.69, 9.17) is 0 Å². The van der Waals surface area contributed by atoms with Gasteiger partial charge in [0.2, 0.25) is 0 Å². The van der Waals surface area contributed by atoms with Crippen molar-refractivity contribution >= 4 is 22.9 Å². The largest absolute Gasteiger partial charge is 0.382 e. The molecule has 4 nitrogen and oxygen atoms in total. The van der Waals surface area contributed by atoms with Crippen LogP contribution in [0.2, 0.25) is 0 Å². The van der Waals surface area contributed by atoms with Crippen LogP contribution in [0, 0.1) is 0 Å². The maximum absolute atomic E-state index is 13.4. The van der Waals surface area contributed by atoms with Gasteiger partial charge in [0.25, 0.3) is 0 Å². The Kier molecular flexibility index (Phi) is 4.42. The summed E-state index contributed by atoms with van der Waals surface area (Å²) >= 11 is 0. The summed E-state index contributed by atoms with van der Waals surface area (Å²) in [4.78, 5) is 26.8. The molecule has 28 heavy (non-hydrogen) atoms. The Hall–Kier alpha value is -2.62. The molecule has 0 unspecified atom stereocenters. The number of hydrogen-bond donors (Lipinski definition) is 2. The third kappa shape index (κ3) is 2.92. The molecule has 5 rings (SSSR count). The van der Waals surface area contributed by atoms with Crippen molar-refractivity contribution in [2.24, 2.45) is 0 Å². The Balaban J connectivity index is 1.54. The van der Waals surface area contributed by atoms with Gasteiger partial charge >= 0.3 is 0 Å². The molecule has 0 radical (unpaired) electrons. The zero-order valence-electron chi connectivity index (χ0n) is 16.1. The quantitative estimate of drug-likeness (QED) is 0.661. The topological polar surface area (TPSA) is 58.2 Å². The minimum atomic E-state index is -0.0410. The first-order valence-corrected chi connectivity index (χ1v) is 10.6. The van der Waals surface area contributed by atoms with Crippen molar-refractivity contribution < 1.29 is 9.59 Å². The molecule has 4 heteroatoms. The summed E-state index contributed by atoms with van der Waals surface area (Å²) < 4.78 is 0. The van der Waals surface area contributed by atoms with Gasteiger partial charge < -0.3 is 10.6 Å². The lowest BCUT2D eigenvalue weighted by Gasteiger charge is -2.25.